The topological polar surface area (TPSA) is 86.3 Å². The number of carbonyl (C=O) groups is 1. The lowest BCUT2D eigenvalue weighted by Gasteiger charge is -2.16. The first-order valence-electron chi connectivity index (χ1n) is 6.08. The standard InChI is InChI=1S/C14H15N3O3/c1-2-19-12-3-5-13(6-4-12)20-11-14(18)17(9-7-15)10-8-16/h3-6H,2,9-11H2,1H3. The van der Waals surface area contributed by atoms with Gasteiger partial charge in [-0.05, 0) is 31.2 Å². The summed E-state index contributed by atoms with van der Waals surface area (Å²) >= 11 is 0. The lowest BCUT2D eigenvalue weighted by Crippen LogP contribution is -2.35. The normalized spacial score (nSPS) is 9.15. The monoisotopic (exact) mass is 273 g/mol. The number of amides is 1. The van der Waals surface area contributed by atoms with E-state index >= 15 is 0 Å². The molecule has 0 atom stereocenters. The van der Waals surface area contributed by atoms with Gasteiger partial charge in [-0.3, -0.25) is 4.79 Å². The summed E-state index contributed by atoms with van der Waals surface area (Å²) in [4.78, 5) is 12.9. The van der Waals surface area contributed by atoms with Crippen LogP contribution in [0.25, 0.3) is 0 Å². The average molecular weight is 273 g/mol. The van der Waals surface area contributed by atoms with Crippen LogP contribution in [-0.2, 0) is 4.79 Å². The van der Waals surface area contributed by atoms with Gasteiger partial charge in [-0.1, -0.05) is 0 Å². The number of ether oxygens (including phenoxy) is 2. The number of hydrogen-bond donors (Lipinski definition) is 0. The Morgan fingerprint density at radius 3 is 2.05 bits per heavy atom. The fraction of sp³-hybridized carbons (Fsp3) is 0.357. The number of carbonyl (C=O) groups excluding carboxylic acids is 1. The van der Waals surface area contributed by atoms with Crippen molar-refractivity contribution in [3.63, 3.8) is 0 Å². The Morgan fingerprint density at radius 1 is 1.10 bits per heavy atom. The van der Waals surface area contributed by atoms with Crippen molar-refractivity contribution in [3.05, 3.63) is 24.3 Å². The molecule has 1 aromatic carbocycles. The molecular weight excluding hydrogens is 258 g/mol. The van der Waals surface area contributed by atoms with Crippen LogP contribution in [-0.4, -0.2) is 37.1 Å². The minimum atomic E-state index is -0.401. The van der Waals surface area contributed by atoms with E-state index in [9.17, 15) is 4.79 Å². The van der Waals surface area contributed by atoms with Crippen molar-refractivity contribution in [1.29, 1.82) is 10.5 Å². The van der Waals surface area contributed by atoms with Crippen LogP contribution in [0.4, 0.5) is 0 Å². The first kappa shape index (κ1) is 15.3. The minimum Gasteiger partial charge on any atom is -0.494 e. The molecule has 0 spiro atoms. The highest BCUT2D eigenvalue weighted by Gasteiger charge is 2.13. The second-order valence-electron chi connectivity index (χ2n) is 3.76. The first-order valence-corrected chi connectivity index (χ1v) is 6.08. The van der Waals surface area contributed by atoms with E-state index in [4.69, 9.17) is 20.0 Å². The lowest BCUT2D eigenvalue weighted by molar-refractivity contribution is -0.132. The molecule has 0 saturated carbocycles. The molecule has 0 bridgehead atoms. The molecule has 0 aromatic heterocycles. The molecule has 0 saturated heterocycles. The van der Waals surface area contributed by atoms with Crippen molar-refractivity contribution in [3.8, 4) is 23.6 Å². The number of nitriles is 2. The average Bonchev–Trinajstić information content (AvgIpc) is 2.46. The molecule has 0 N–H and O–H groups in total. The van der Waals surface area contributed by atoms with Gasteiger partial charge in [-0.15, -0.1) is 0 Å². The van der Waals surface area contributed by atoms with Crippen molar-refractivity contribution in [1.82, 2.24) is 4.90 Å². The SMILES string of the molecule is CCOc1ccc(OCC(=O)N(CC#N)CC#N)cc1. The smallest absolute Gasteiger partial charge is 0.262 e. The molecule has 0 aliphatic rings. The van der Waals surface area contributed by atoms with Crippen LogP contribution in [0.2, 0.25) is 0 Å². The Morgan fingerprint density at radius 2 is 1.60 bits per heavy atom. The van der Waals surface area contributed by atoms with Gasteiger partial charge in [-0.25, -0.2) is 0 Å². The zero-order chi connectivity index (χ0) is 14.8. The highest BCUT2D eigenvalue weighted by Crippen LogP contribution is 2.17. The fourth-order valence-electron chi connectivity index (χ4n) is 1.44. The van der Waals surface area contributed by atoms with Gasteiger partial charge in [0.1, 0.15) is 24.6 Å². The summed E-state index contributed by atoms with van der Waals surface area (Å²) in [6.07, 6.45) is 0. The maximum Gasteiger partial charge on any atom is 0.262 e. The van der Waals surface area contributed by atoms with Crippen LogP contribution in [0.15, 0.2) is 24.3 Å². The van der Waals surface area contributed by atoms with E-state index in [1.807, 2.05) is 19.1 Å². The molecule has 6 nitrogen and oxygen atoms in total. The van der Waals surface area contributed by atoms with Crippen LogP contribution < -0.4 is 9.47 Å². The maximum absolute atomic E-state index is 11.7. The molecule has 0 aliphatic carbocycles. The molecule has 1 aromatic rings. The summed E-state index contributed by atoms with van der Waals surface area (Å²) in [5.74, 6) is 0.847. The number of nitrogens with zero attached hydrogens (tertiary/aromatic N) is 3. The van der Waals surface area contributed by atoms with Crippen LogP contribution in [0, 0.1) is 22.7 Å². The Hall–Kier alpha value is -2.73. The second-order valence-corrected chi connectivity index (χ2v) is 3.76. The van der Waals surface area contributed by atoms with Gasteiger partial charge in [0.15, 0.2) is 6.61 Å². The van der Waals surface area contributed by atoms with E-state index in [1.54, 1.807) is 24.3 Å². The van der Waals surface area contributed by atoms with Gasteiger partial charge in [0, 0.05) is 0 Å². The van der Waals surface area contributed by atoms with Crippen LogP contribution >= 0.6 is 0 Å². The minimum absolute atomic E-state index is 0.126. The molecular formula is C14H15N3O3. The van der Waals surface area contributed by atoms with Crippen molar-refractivity contribution in [2.45, 2.75) is 6.92 Å². The third-order valence-corrected chi connectivity index (χ3v) is 2.37. The van der Waals surface area contributed by atoms with Crippen LogP contribution in [0.5, 0.6) is 11.5 Å². The number of benzene rings is 1. The molecule has 0 unspecified atom stereocenters. The van der Waals surface area contributed by atoms with Gasteiger partial charge in [0.25, 0.3) is 5.91 Å². The molecule has 104 valence electrons. The molecule has 0 heterocycles. The van der Waals surface area contributed by atoms with Gasteiger partial charge in [-0.2, -0.15) is 10.5 Å². The molecule has 0 aliphatic heterocycles. The summed E-state index contributed by atoms with van der Waals surface area (Å²) in [5, 5.41) is 17.1. The van der Waals surface area contributed by atoms with Crippen LogP contribution in [0.3, 0.4) is 0 Å². The van der Waals surface area contributed by atoms with Crippen molar-refractivity contribution >= 4 is 5.91 Å². The summed E-state index contributed by atoms with van der Waals surface area (Å²) in [7, 11) is 0. The van der Waals surface area contributed by atoms with E-state index in [1.165, 1.54) is 0 Å². The highest BCUT2D eigenvalue weighted by molar-refractivity contribution is 5.78. The number of rotatable bonds is 7. The van der Waals surface area contributed by atoms with Gasteiger partial charge >= 0.3 is 0 Å². The van der Waals surface area contributed by atoms with E-state index in [0.29, 0.717) is 12.4 Å². The third-order valence-electron chi connectivity index (χ3n) is 2.37. The van der Waals surface area contributed by atoms with Gasteiger partial charge < -0.3 is 14.4 Å². The molecule has 0 fully saturated rings. The molecule has 1 amide bonds. The first-order chi connectivity index (χ1) is 9.71. The predicted molar refractivity (Wildman–Crippen MR) is 70.9 cm³/mol. The van der Waals surface area contributed by atoms with E-state index < -0.39 is 5.91 Å². The summed E-state index contributed by atoms with van der Waals surface area (Å²) in [6, 6.07) is 10.5. The maximum atomic E-state index is 11.7. The molecule has 0 radical (unpaired) electrons. The van der Waals surface area contributed by atoms with Gasteiger partial charge in [0.2, 0.25) is 0 Å². The third kappa shape index (κ3) is 4.87. The Balaban J connectivity index is 2.51. The Labute approximate surface area is 117 Å². The summed E-state index contributed by atoms with van der Waals surface area (Å²) < 4.78 is 10.6. The van der Waals surface area contributed by atoms with Crippen molar-refractivity contribution in [2.24, 2.45) is 0 Å². The molecule has 1 rings (SSSR count). The largest absolute Gasteiger partial charge is 0.494 e. The molecule has 20 heavy (non-hydrogen) atoms. The van der Waals surface area contributed by atoms with Crippen molar-refractivity contribution < 1.29 is 14.3 Å². The zero-order valence-corrected chi connectivity index (χ0v) is 11.2. The Kier molecular flexibility index (Phi) is 6.43. The summed E-state index contributed by atoms with van der Waals surface area (Å²) in [6.45, 7) is 2.01. The Bertz CT molecular complexity index is 498. The predicted octanol–water partition coefficient (Wildman–Crippen LogP) is 1.34. The lowest BCUT2D eigenvalue weighted by atomic mass is 10.3. The van der Waals surface area contributed by atoms with Crippen molar-refractivity contribution in [2.75, 3.05) is 26.3 Å². The highest BCUT2D eigenvalue weighted by atomic mass is 16.5. The van der Waals surface area contributed by atoms with E-state index in [-0.39, 0.29) is 19.7 Å². The quantitative estimate of drug-likeness (QED) is 0.700. The van der Waals surface area contributed by atoms with Crippen LogP contribution in [0.1, 0.15) is 6.92 Å². The van der Waals surface area contributed by atoms with E-state index in [0.717, 1.165) is 10.6 Å². The summed E-state index contributed by atoms with van der Waals surface area (Å²) in [5.41, 5.74) is 0. The number of hydrogen-bond acceptors (Lipinski definition) is 5. The fourth-order valence-corrected chi connectivity index (χ4v) is 1.44. The molecule has 6 heteroatoms. The second kappa shape index (κ2) is 8.39. The van der Waals surface area contributed by atoms with E-state index in [2.05, 4.69) is 0 Å². The zero-order valence-electron chi connectivity index (χ0n) is 11.2. The van der Waals surface area contributed by atoms with Gasteiger partial charge in [0.05, 0.1) is 18.7 Å².